The predicted octanol–water partition coefficient (Wildman–Crippen LogP) is 2.67. The van der Waals surface area contributed by atoms with Crippen LogP contribution in [-0.2, 0) is 10.3 Å². The number of carbonyl (C=O) groups excluding carboxylic acids is 2. The van der Waals surface area contributed by atoms with Crippen LogP contribution in [0.5, 0.6) is 0 Å². The Morgan fingerprint density at radius 1 is 1.43 bits per heavy atom. The number of anilines is 1. The minimum atomic E-state index is -0.657. The van der Waals surface area contributed by atoms with Crippen LogP contribution >= 0.6 is 0 Å². The lowest BCUT2D eigenvalue weighted by Gasteiger charge is -2.42. The highest BCUT2D eigenvalue weighted by Crippen LogP contribution is 2.39. The number of nitrogens with two attached hydrogens (primary N) is 1. The summed E-state index contributed by atoms with van der Waals surface area (Å²) < 4.78 is 0. The van der Waals surface area contributed by atoms with E-state index in [1.54, 1.807) is 0 Å². The zero-order chi connectivity index (χ0) is 15.8. The average Bonchev–Trinajstić information content (AvgIpc) is 2.51. The summed E-state index contributed by atoms with van der Waals surface area (Å²) in [6.07, 6.45) is 0.786. The smallest absolute Gasteiger partial charge is 0.316 e. The van der Waals surface area contributed by atoms with Crippen LogP contribution < -0.4 is 11.1 Å². The van der Waals surface area contributed by atoms with Crippen molar-refractivity contribution < 1.29 is 9.59 Å². The molecule has 21 heavy (non-hydrogen) atoms. The first-order chi connectivity index (χ1) is 9.80. The van der Waals surface area contributed by atoms with Crippen molar-refractivity contribution in [2.75, 3.05) is 5.32 Å². The maximum atomic E-state index is 12.6. The summed E-state index contributed by atoms with van der Waals surface area (Å²) in [7, 11) is 0. The van der Waals surface area contributed by atoms with Crippen LogP contribution in [0.2, 0.25) is 0 Å². The van der Waals surface area contributed by atoms with E-state index in [2.05, 4.69) is 5.32 Å². The first-order valence-corrected chi connectivity index (χ1v) is 7.29. The Kier molecular flexibility index (Phi) is 3.94. The van der Waals surface area contributed by atoms with E-state index in [9.17, 15) is 9.59 Å². The molecule has 0 saturated heterocycles. The second-order valence-corrected chi connectivity index (χ2v) is 6.13. The number of carbonyl (C=O) groups is 2. The highest BCUT2D eigenvalue weighted by atomic mass is 16.2. The second kappa shape index (κ2) is 5.39. The van der Waals surface area contributed by atoms with Crippen molar-refractivity contribution in [2.24, 2.45) is 11.7 Å². The lowest BCUT2D eigenvalue weighted by molar-refractivity contribution is -0.123. The van der Waals surface area contributed by atoms with Gasteiger partial charge in [0, 0.05) is 11.3 Å². The summed E-state index contributed by atoms with van der Waals surface area (Å²) in [6, 6.07) is 6.40. The lowest BCUT2D eigenvalue weighted by atomic mass is 9.88. The molecule has 0 spiro atoms. The SMILES string of the molecule is CC[C@H](C)[C@H]1C(=O)Nc2ccccc2C(C)(C)N1C(N)=O. The monoisotopic (exact) mass is 289 g/mol. The fourth-order valence-electron chi connectivity index (χ4n) is 3.08. The normalized spacial score (nSPS) is 22.0. The fourth-order valence-corrected chi connectivity index (χ4v) is 3.08. The van der Waals surface area contributed by atoms with E-state index in [4.69, 9.17) is 5.73 Å². The Hall–Kier alpha value is -2.04. The quantitative estimate of drug-likeness (QED) is 0.878. The number of hydrogen-bond donors (Lipinski definition) is 2. The molecule has 1 aromatic carbocycles. The zero-order valence-corrected chi connectivity index (χ0v) is 13.0. The molecule has 3 N–H and O–H groups in total. The summed E-state index contributed by atoms with van der Waals surface area (Å²) in [6.45, 7) is 7.81. The van der Waals surface area contributed by atoms with Crippen LogP contribution in [0.3, 0.4) is 0 Å². The van der Waals surface area contributed by atoms with Gasteiger partial charge >= 0.3 is 6.03 Å². The maximum Gasteiger partial charge on any atom is 0.316 e. The van der Waals surface area contributed by atoms with Gasteiger partial charge < -0.3 is 16.0 Å². The Morgan fingerprint density at radius 3 is 2.62 bits per heavy atom. The summed E-state index contributed by atoms with van der Waals surface area (Å²) >= 11 is 0. The number of nitrogens with zero attached hydrogens (tertiary/aromatic N) is 1. The van der Waals surface area contributed by atoms with E-state index in [0.29, 0.717) is 0 Å². The van der Waals surface area contributed by atoms with Crippen molar-refractivity contribution in [1.29, 1.82) is 0 Å². The number of para-hydroxylation sites is 1. The molecule has 0 aromatic heterocycles. The fraction of sp³-hybridized carbons (Fsp3) is 0.500. The molecule has 114 valence electrons. The minimum absolute atomic E-state index is 0.0195. The van der Waals surface area contributed by atoms with Crippen LogP contribution in [-0.4, -0.2) is 22.9 Å². The third-order valence-corrected chi connectivity index (χ3v) is 4.41. The largest absolute Gasteiger partial charge is 0.351 e. The van der Waals surface area contributed by atoms with E-state index in [0.717, 1.165) is 17.7 Å². The van der Waals surface area contributed by atoms with Crippen LogP contribution in [0.25, 0.3) is 0 Å². The molecule has 1 heterocycles. The topological polar surface area (TPSA) is 75.4 Å². The molecule has 0 fully saturated rings. The number of hydrogen-bond acceptors (Lipinski definition) is 2. The average molecular weight is 289 g/mol. The van der Waals surface area contributed by atoms with Crippen molar-refractivity contribution in [3.63, 3.8) is 0 Å². The Morgan fingerprint density at radius 2 is 2.05 bits per heavy atom. The van der Waals surface area contributed by atoms with E-state index in [1.807, 2.05) is 52.0 Å². The predicted molar refractivity (Wildman–Crippen MR) is 82.8 cm³/mol. The zero-order valence-electron chi connectivity index (χ0n) is 13.0. The molecular formula is C16H23N3O2. The van der Waals surface area contributed by atoms with Crippen LogP contribution in [0.4, 0.5) is 10.5 Å². The van der Waals surface area contributed by atoms with Gasteiger partial charge in [0.1, 0.15) is 6.04 Å². The number of benzene rings is 1. The summed E-state index contributed by atoms with van der Waals surface area (Å²) in [5.41, 5.74) is 6.60. The Bertz CT molecular complexity index is 568. The molecule has 0 saturated carbocycles. The molecule has 0 radical (unpaired) electrons. The van der Waals surface area contributed by atoms with E-state index >= 15 is 0 Å². The third kappa shape index (κ3) is 2.48. The van der Waals surface area contributed by atoms with Gasteiger partial charge in [0.25, 0.3) is 0 Å². The van der Waals surface area contributed by atoms with Gasteiger partial charge in [-0.15, -0.1) is 0 Å². The van der Waals surface area contributed by atoms with Crippen molar-refractivity contribution in [1.82, 2.24) is 4.90 Å². The highest BCUT2D eigenvalue weighted by Gasteiger charge is 2.45. The van der Waals surface area contributed by atoms with Gasteiger partial charge in [-0.2, -0.15) is 0 Å². The van der Waals surface area contributed by atoms with Gasteiger partial charge in [0.15, 0.2) is 0 Å². The first kappa shape index (κ1) is 15.4. The highest BCUT2D eigenvalue weighted by molar-refractivity contribution is 5.99. The van der Waals surface area contributed by atoms with Crippen molar-refractivity contribution in [2.45, 2.75) is 45.7 Å². The number of amides is 3. The van der Waals surface area contributed by atoms with Gasteiger partial charge in [0.2, 0.25) is 5.91 Å². The molecule has 2 rings (SSSR count). The van der Waals surface area contributed by atoms with Gasteiger partial charge in [0.05, 0.1) is 5.54 Å². The van der Waals surface area contributed by atoms with E-state index < -0.39 is 17.6 Å². The third-order valence-electron chi connectivity index (χ3n) is 4.41. The number of urea groups is 1. The molecule has 1 aliphatic rings. The number of fused-ring (bicyclic) bond motifs is 1. The molecule has 5 heteroatoms. The lowest BCUT2D eigenvalue weighted by Crippen LogP contribution is -2.58. The summed E-state index contributed by atoms with van der Waals surface area (Å²) in [4.78, 5) is 26.2. The molecule has 1 aliphatic heterocycles. The van der Waals surface area contributed by atoms with E-state index in [1.165, 1.54) is 4.90 Å². The van der Waals surface area contributed by atoms with Gasteiger partial charge in [-0.1, -0.05) is 38.5 Å². The molecule has 0 unspecified atom stereocenters. The van der Waals surface area contributed by atoms with Crippen molar-refractivity contribution >= 4 is 17.6 Å². The molecule has 3 amide bonds. The van der Waals surface area contributed by atoms with Crippen LogP contribution in [0.15, 0.2) is 24.3 Å². The maximum absolute atomic E-state index is 12.6. The Labute approximate surface area is 125 Å². The van der Waals surface area contributed by atoms with Crippen molar-refractivity contribution in [3.05, 3.63) is 29.8 Å². The van der Waals surface area contributed by atoms with Crippen LogP contribution in [0.1, 0.15) is 39.7 Å². The standard InChI is InChI=1S/C16H23N3O2/c1-5-10(2)13-14(20)18-12-9-7-6-8-11(12)16(3,4)19(13)15(17)21/h6-10,13H,5H2,1-4H3,(H2,17,21)(H,18,20)/t10-,13-/m0/s1. The van der Waals surface area contributed by atoms with Crippen LogP contribution in [0, 0.1) is 5.92 Å². The first-order valence-electron chi connectivity index (χ1n) is 7.29. The summed E-state index contributed by atoms with van der Waals surface area (Å²) in [5.74, 6) is -0.160. The molecule has 5 nitrogen and oxygen atoms in total. The minimum Gasteiger partial charge on any atom is -0.351 e. The number of rotatable bonds is 2. The van der Waals surface area contributed by atoms with E-state index in [-0.39, 0.29) is 11.8 Å². The molecular weight excluding hydrogens is 266 g/mol. The number of primary amides is 1. The molecule has 0 aliphatic carbocycles. The van der Waals surface area contributed by atoms with Crippen molar-refractivity contribution in [3.8, 4) is 0 Å². The number of nitrogens with one attached hydrogen (secondary N) is 1. The second-order valence-electron chi connectivity index (χ2n) is 6.13. The van der Waals surface area contributed by atoms with Gasteiger partial charge in [-0.05, 0) is 25.8 Å². The van der Waals surface area contributed by atoms with Gasteiger partial charge in [-0.25, -0.2) is 4.79 Å². The molecule has 2 atom stereocenters. The summed E-state index contributed by atoms with van der Waals surface area (Å²) in [5, 5.41) is 2.94. The molecule has 0 bridgehead atoms. The van der Waals surface area contributed by atoms with Gasteiger partial charge in [-0.3, -0.25) is 4.79 Å². The Balaban J connectivity index is 2.64. The molecule has 1 aromatic rings.